The lowest BCUT2D eigenvalue weighted by molar-refractivity contribution is -0.384. The van der Waals surface area contributed by atoms with Gasteiger partial charge in [0.25, 0.3) is 15.7 Å². The summed E-state index contributed by atoms with van der Waals surface area (Å²) in [5.41, 5.74) is 0.297. The summed E-state index contributed by atoms with van der Waals surface area (Å²) in [5, 5.41) is 14.9. The van der Waals surface area contributed by atoms with Crippen LogP contribution in [0.25, 0.3) is 0 Å². The van der Waals surface area contributed by atoms with Crippen molar-refractivity contribution < 1.29 is 22.9 Å². The average Bonchev–Trinajstić information content (AvgIpc) is 2.97. The second-order valence-corrected chi connectivity index (χ2v) is 11.8. The molecule has 0 heterocycles. The zero-order valence-corrected chi connectivity index (χ0v) is 24.6. The molecule has 12 heteroatoms. The normalized spacial score (nSPS) is 12.7. The maximum atomic E-state index is 14.0. The molecule has 218 valence electrons. The van der Waals surface area contributed by atoms with Crippen LogP contribution in [0, 0.1) is 10.1 Å². The quantitative estimate of drug-likeness (QED) is 0.213. The smallest absolute Gasteiger partial charge is 0.271 e. The molecule has 0 saturated carbocycles. The molecular formula is C29H33ClN4O6S. The molecule has 0 aromatic heterocycles. The summed E-state index contributed by atoms with van der Waals surface area (Å²) in [6, 6.07) is 18.3. The molecule has 2 atom stereocenters. The Morgan fingerprint density at radius 3 is 2.22 bits per heavy atom. The van der Waals surface area contributed by atoms with E-state index < -0.39 is 33.4 Å². The predicted molar refractivity (Wildman–Crippen MR) is 158 cm³/mol. The van der Waals surface area contributed by atoms with E-state index in [1.807, 2.05) is 13.8 Å². The van der Waals surface area contributed by atoms with Crippen LogP contribution >= 0.6 is 11.6 Å². The maximum Gasteiger partial charge on any atom is 0.271 e. The Balaban J connectivity index is 2.08. The summed E-state index contributed by atoms with van der Waals surface area (Å²) in [7, 11) is -4.33. The third-order valence-electron chi connectivity index (χ3n) is 6.59. The van der Waals surface area contributed by atoms with Crippen LogP contribution in [0.5, 0.6) is 0 Å². The van der Waals surface area contributed by atoms with Crippen molar-refractivity contribution in [3.63, 3.8) is 0 Å². The van der Waals surface area contributed by atoms with Crippen LogP contribution in [-0.2, 0) is 26.2 Å². The minimum absolute atomic E-state index is 0.0105. The van der Waals surface area contributed by atoms with E-state index in [9.17, 15) is 28.1 Å². The summed E-state index contributed by atoms with van der Waals surface area (Å²) < 4.78 is 28.5. The molecule has 41 heavy (non-hydrogen) atoms. The van der Waals surface area contributed by atoms with Gasteiger partial charge in [0.05, 0.1) is 15.5 Å². The number of halogens is 1. The number of non-ortho nitro benzene ring substituents is 1. The number of rotatable bonds is 13. The SMILES string of the molecule is CCC(C)NC(=O)C(CC)N(Cc1ccc(Cl)cc1)C(=O)CN(c1cccc([N+](=O)[O-])c1)S(=O)(=O)c1ccccc1. The molecule has 0 radical (unpaired) electrons. The lowest BCUT2D eigenvalue weighted by Crippen LogP contribution is -2.53. The van der Waals surface area contributed by atoms with Crippen LogP contribution < -0.4 is 9.62 Å². The fourth-order valence-corrected chi connectivity index (χ4v) is 5.71. The number of nitro benzene ring substituents is 1. The highest BCUT2D eigenvalue weighted by molar-refractivity contribution is 7.92. The average molecular weight is 601 g/mol. The topological polar surface area (TPSA) is 130 Å². The van der Waals surface area contributed by atoms with Crippen molar-refractivity contribution in [1.82, 2.24) is 10.2 Å². The highest BCUT2D eigenvalue weighted by Gasteiger charge is 2.34. The number of carbonyl (C=O) groups excluding carboxylic acids is 2. The Kier molecular flexibility index (Phi) is 10.8. The summed E-state index contributed by atoms with van der Waals surface area (Å²) in [6.45, 7) is 4.86. The first-order valence-electron chi connectivity index (χ1n) is 13.1. The fraction of sp³-hybridized carbons (Fsp3) is 0.310. The molecule has 0 saturated heterocycles. The zero-order valence-electron chi connectivity index (χ0n) is 23.1. The Hall–Kier alpha value is -3.96. The molecule has 0 spiro atoms. The third-order valence-corrected chi connectivity index (χ3v) is 8.63. The summed E-state index contributed by atoms with van der Waals surface area (Å²) in [6.07, 6.45) is 0.951. The van der Waals surface area contributed by atoms with Gasteiger partial charge in [-0.2, -0.15) is 0 Å². The molecule has 10 nitrogen and oxygen atoms in total. The number of amides is 2. The molecule has 3 rings (SSSR count). The van der Waals surface area contributed by atoms with Gasteiger partial charge in [-0.1, -0.05) is 61.8 Å². The van der Waals surface area contributed by atoms with Crippen molar-refractivity contribution in [3.8, 4) is 0 Å². The summed E-state index contributed by atoms with van der Waals surface area (Å²) in [5.74, 6) is -1.02. The second kappa shape index (κ2) is 14.1. The van der Waals surface area contributed by atoms with Gasteiger partial charge in [0.1, 0.15) is 12.6 Å². The number of carbonyl (C=O) groups is 2. The number of nitrogens with one attached hydrogen (secondary N) is 1. The number of hydrogen-bond donors (Lipinski definition) is 1. The number of nitrogens with zero attached hydrogens (tertiary/aromatic N) is 3. The van der Waals surface area contributed by atoms with Gasteiger partial charge < -0.3 is 10.2 Å². The molecule has 0 fully saturated rings. The van der Waals surface area contributed by atoms with Crippen LogP contribution in [0.4, 0.5) is 11.4 Å². The van der Waals surface area contributed by atoms with Crippen molar-refractivity contribution in [2.45, 2.75) is 57.1 Å². The van der Waals surface area contributed by atoms with E-state index in [0.29, 0.717) is 17.0 Å². The lowest BCUT2D eigenvalue weighted by Gasteiger charge is -2.33. The molecule has 0 bridgehead atoms. The minimum atomic E-state index is -4.33. The van der Waals surface area contributed by atoms with Crippen LogP contribution in [0.2, 0.25) is 5.02 Å². The number of nitro groups is 1. The van der Waals surface area contributed by atoms with E-state index in [1.54, 1.807) is 49.4 Å². The van der Waals surface area contributed by atoms with Gasteiger partial charge in [-0.25, -0.2) is 8.42 Å². The van der Waals surface area contributed by atoms with Crippen molar-refractivity contribution in [3.05, 3.63) is 99.6 Å². The number of anilines is 1. The first-order valence-corrected chi connectivity index (χ1v) is 15.0. The largest absolute Gasteiger partial charge is 0.352 e. The van der Waals surface area contributed by atoms with Gasteiger partial charge in [-0.15, -0.1) is 0 Å². The summed E-state index contributed by atoms with van der Waals surface area (Å²) >= 11 is 6.04. The van der Waals surface area contributed by atoms with E-state index in [4.69, 9.17) is 11.6 Å². The standard InChI is InChI=1S/C29H33ClN4O6S/c1-4-21(3)31-29(36)27(5-2)32(19-22-14-16-23(30)17-15-22)28(35)20-33(24-10-9-11-25(18-24)34(37)38)41(39,40)26-12-7-6-8-13-26/h6-18,21,27H,4-5,19-20H2,1-3H3,(H,31,36). The second-order valence-electron chi connectivity index (χ2n) is 9.49. The molecule has 2 amide bonds. The van der Waals surface area contributed by atoms with E-state index in [0.717, 1.165) is 10.4 Å². The van der Waals surface area contributed by atoms with Gasteiger partial charge in [-0.05, 0) is 55.7 Å². The van der Waals surface area contributed by atoms with Crippen LogP contribution in [0.15, 0.2) is 83.8 Å². The van der Waals surface area contributed by atoms with Crippen LogP contribution in [-0.4, -0.2) is 48.7 Å². The Labute approximate surface area is 245 Å². The lowest BCUT2D eigenvalue weighted by atomic mass is 10.1. The highest BCUT2D eigenvalue weighted by atomic mass is 35.5. The zero-order chi connectivity index (χ0) is 30.2. The fourth-order valence-electron chi connectivity index (χ4n) is 4.16. The van der Waals surface area contributed by atoms with Gasteiger partial charge in [-0.3, -0.25) is 24.0 Å². The monoisotopic (exact) mass is 600 g/mol. The van der Waals surface area contributed by atoms with E-state index in [2.05, 4.69) is 5.32 Å². The van der Waals surface area contributed by atoms with Crippen molar-refractivity contribution in [2.24, 2.45) is 0 Å². The van der Waals surface area contributed by atoms with Gasteiger partial charge in [0, 0.05) is 29.7 Å². The van der Waals surface area contributed by atoms with Crippen molar-refractivity contribution in [1.29, 1.82) is 0 Å². The number of sulfonamides is 1. The third kappa shape index (κ3) is 8.05. The predicted octanol–water partition coefficient (Wildman–Crippen LogP) is 5.17. The Morgan fingerprint density at radius 1 is 0.976 bits per heavy atom. The van der Waals surface area contributed by atoms with E-state index in [1.165, 1.54) is 35.2 Å². The number of hydrogen-bond acceptors (Lipinski definition) is 6. The van der Waals surface area contributed by atoms with Gasteiger partial charge >= 0.3 is 0 Å². The first kappa shape index (κ1) is 31.6. The van der Waals surface area contributed by atoms with Crippen LogP contribution in [0.1, 0.15) is 39.2 Å². The van der Waals surface area contributed by atoms with E-state index >= 15 is 0 Å². The van der Waals surface area contributed by atoms with Gasteiger partial charge in [0.15, 0.2) is 0 Å². The number of benzene rings is 3. The maximum absolute atomic E-state index is 14.0. The molecule has 0 aliphatic carbocycles. The van der Waals surface area contributed by atoms with Crippen molar-refractivity contribution in [2.75, 3.05) is 10.8 Å². The van der Waals surface area contributed by atoms with Crippen LogP contribution in [0.3, 0.4) is 0 Å². The molecule has 3 aromatic carbocycles. The molecule has 0 aliphatic heterocycles. The first-order chi connectivity index (χ1) is 19.5. The minimum Gasteiger partial charge on any atom is -0.352 e. The molecule has 2 unspecified atom stereocenters. The molecular weight excluding hydrogens is 568 g/mol. The Morgan fingerprint density at radius 2 is 1.63 bits per heavy atom. The van der Waals surface area contributed by atoms with E-state index in [-0.39, 0.29) is 41.2 Å². The molecule has 0 aliphatic rings. The van der Waals surface area contributed by atoms with Crippen molar-refractivity contribution >= 4 is 44.8 Å². The Bertz CT molecular complexity index is 1470. The highest BCUT2D eigenvalue weighted by Crippen LogP contribution is 2.28. The summed E-state index contributed by atoms with van der Waals surface area (Å²) in [4.78, 5) is 39.4. The molecule has 3 aromatic rings. The van der Waals surface area contributed by atoms with Gasteiger partial charge in [0.2, 0.25) is 11.8 Å². The molecule has 1 N–H and O–H groups in total.